The second-order valence-electron chi connectivity index (χ2n) is 5.93. The summed E-state index contributed by atoms with van der Waals surface area (Å²) in [6, 6.07) is 7.10. The number of amides is 2. The molecule has 1 aromatic carbocycles. The van der Waals surface area contributed by atoms with Gasteiger partial charge in [0.2, 0.25) is 0 Å². The number of imide groups is 1. The lowest BCUT2D eigenvalue weighted by Crippen LogP contribution is -2.37. The standard InChI is InChI=1S/C18H25NO2/c1-3-4-5-6-7-8-11-14(2)19-17(20)15-12-9-10-13-16(15)18(19)21/h9-10,12-14H,3-8,11H2,1-2H3/t14-/m0/s1. The fourth-order valence-corrected chi connectivity index (χ4v) is 2.96. The van der Waals surface area contributed by atoms with Crippen molar-refractivity contribution in [3.05, 3.63) is 35.4 Å². The summed E-state index contributed by atoms with van der Waals surface area (Å²) in [5.74, 6) is -0.261. The van der Waals surface area contributed by atoms with Crippen LogP contribution in [0.25, 0.3) is 0 Å². The van der Waals surface area contributed by atoms with Crippen molar-refractivity contribution in [1.82, 2.24) is 4.90 Å². The minimum Gasteiger partial charge on any atom is -0.272 e. The maximum atomic E-state index is 12.3. The second-order valence-corrected chi connectivity index (χ2v) is 5.93. The third kappa shape index (κ3) is 3.52. The molecule has 1 heterocycles. The Morgan fingerprint density at radius 3 is 2.00 bits per heavy atom. The summed E-state index contributed by atoms with van der Waals surface area (Å²) in [4.78, 5) is 26.1. The third-order valence-corrected chi connectivity index (χ3v) is 4.24. The Hall–Kier alpha value is -1.64. The summed E-state index contributed by atoms with van der Waals surface area (Å²) in [6.45, 7) is 4.19. The first-order chi connectivity index (χ1) is 10.2. The molecule has 0 radical (unpaired) electrons. The van der Waals surface area contributed by atoms with Gasteiger partial charge in [-0.15, -0.1) is 0 Å². The number of hydrogen-bond donors (Lipinski definition) is 0. The van der Waals surface area contributed by atoms with Crippen molar-refractivity contribution in [3.8, 4) is 0 Å². The molecule has 2 amide bonds. The first kappa shape index (κ1) is 15.7. The minimum atomic E-state index is -0.130. The molecule has 2 rings (SSSR count). The number of fused-ring (bicyclic) bond motifs is 1. The van der Waals surface area contributed by atoms with Crippen molar-refractivity contribution in [3.63, 3.8) is 0 Å². The zero-order chi connectivity index (χ0) is 15.2. The Labute approximate surface area is 127 Å². The van der Waals surface area contributed by atoms with Crippen molar-refractivity contribution < 1.29 is 9.59 Å². The van der Waals surface area contributed by atoms with Gasteiger partial charge in [0.1, 0.15) is 0 Å². The van der Waals surface area contributed by atoms with E-state index in [-0.39, 0.29) is 17.9 Å². The molecule has 0 N–H and O–H groups in total. The molecule has 3 heteroatoms. The molecular formula is C18H25NO2. The van der Waals surface area contributed by atoms with Crippen LogP contribution in [-0.4, -0.2) is 22.8 Å². The van der Waals surface area contributed by atoms with Gasteiger partial charge in [-0.25, -0.2) is 0 Å². The molecule has 0 saturated carbocycles. The number of carbonyl (C=O) groups is 2. The van der Waals surface area contributed by atoms with Crippen LogP contribution >= 0.6 is 0 Å². The van der Waals surface area contributed by atoms with Crippen LogP contribution in [0.1, 0.15) is 79.5 Å². The number of carbonyl (C=O) groups excluding carboxylic acids is 2. The third-order valence-electron chi connectivity index (χ3n) is 4.24. The van der Waals surface area contributed by atoms with E-state index in [4.69, 9.17) is 0 Å². The van der Waals surface area contributed by atoms with Crippen LogP contribution in [0.5, 0.6) is 0 Å². The Morgan fingerprint density at radius 1 is 0.905 bits per heavy atom. The highest BCUT2D eigenvalue weighted by atomic mass is 16.2. The quantitative estimate of drug-likeness (QED) is 0.524. The van der Waals surface area contributed by atoms with Crippen LogP contribution in [0, 0.1) is 0 Å². The topological polar surface area (TPSA) is 37.4 Å². The van der Waals surface area contributed by atoms with Gasteiger partial charge in [-0.3, -0.25) is 14.5 Å². The first-order valence-electron chi connectivity index (χ1n) is 8.13. The Balaban J connectivity index is 1.85. The lowest BCUT2D eigenvalue weighted by atomic mass is 10.1. The lowest BCUT2D eigenvalue weighted by molar-refractivity contribution is 0.0588. The maximum absolute atomic E-state index is 12.3. The maximum Gasteiger partial charge on any atom is 0.261 e. The highest BCUT2D eigenvalue weighted by Crippen LogP contribution is 2.26. The van der Waals surface area contributed by atoms with Gasteiger partial charge in [0.05, 0.1) is 11.1 Å². The van der Waals surface area contributed by atoms with Gasteiger partial charge in [0.25, 0.3) is 11.8 Å². The molecule has 1 aromatic rings. The predicted molar refractivity (Wildman–Crippen MR) is 84.4 cm³/mol. The number of rotatable bonds is 8. The molecule has 1 atom stereocenters. The van der Waals surface area contributed by atoms with E-state index in [0.717, 1.165) is 12.8 Å². The molecular weight excluding hydrogens is 262 g/mol. The summed E-state index contributed by atoms with van der Waals surface area (Å²) < 4.78 is 0. The number of nitrogens with zero attached hydrogens (tertiary/aromatic N) is 1. The molecule has 0 bridgehead atoms. The molecule has 0 saturated heterocycles. The SMILES string of the molecule is CCCCCCCC[C@H](C)N1C(=O)c2ccccc2C1=O. The summed E-state index contributed by atoms with van der Waals surface area (Å²) in [6.07, 6.45) is 8.27. The normalized spacial score (nSPS) is 15.4. The summed E-state index contributed by atoms with van der Waals surface area (Å²) >= 11 is 0. The molecule has 3 nitrogen and oxygen atoms in total. The lowest BCUT2D eigenvalue weighted by Gasteiger charge is -2.22. The number of unbranched alkanes of at least 4 members (excludes halogenated alkanes) is 5. The fraction of sp³-hybridized carbons (Fsp3) is 0.556. The Morgan fingerprint density at radius 2 is 1.43 bits per heavy atom. The van der Waals surface area contributed by atoms with Crippen molar-refractivity contribution >= 4 is 11.8 Å². The van der Waals surface area contributed by atoms with Crippen LogP contribution < -0.4 is 0 Å². The molecule has 1 aliphatic heterocycles. The zero-order valence-corrected chi connectivity index (χ0v) is 13.1. The smallest absolute Gasteiger partial charge is 0.261 e. The van der Waals surface area contributed by atoms with Gasteiger partial charge < -0.3 is 0 Å². The first-order valence-corrected chi connectivity index (χ1v) is 8.13. The van der Waals surface area contributed by atoms with E-state index in [1.54, 1.807) is 12.1 Å². The Kier molecular flexibility index (Phi) is 5.54. The number of hydrogen-bond acceptors (Lipinski definition) is 2. The largest absolute Gasteiger partial charge is 0.272 e. The number of benzene rings is 1. The molecule has 0 spiro atoms. The van der Waals surface area contributed by atoms with Crippen molar-refractivity contribution in [2.75, 3.05) is 0 Å². The molecule has 0 aromatic heterocycles. The van der Waals surface area contributed by atoms with Gasteiger partial charge >= 0.3 is 0 Å². The van der Waals surface area contributed by atoms with Crippen molar-refractivity contribution in [2.45, 2.75) is 64.8 Å². The van der Waals surface area contributed by atoms with E-state index in [1.165, 1.54) is 37.0 Å². The van der Waals surface area contributed by atoms with Crippen molar-refractivity contribution in [2.24, 2.45) is 0 Å². The van der Waals surface area contributed by atoms with Crippen LogP contribution in [0.15, 0.2) is 24.3 Å². The van der Waals surface area contributed by atoms with Crippen LogP contribution in [0.4, 0.5) is 0 Å². The van der Waals surface area contributed by atoms with E-state index in [2.05, 4.69) is 6.92 Å². The van der Waals surface area contributed by atoms with E-state index in [9.17, 15) is 9.59 Å². The molecule has 0 unspecified atom stereocenters. The zero-order valence-electron chi connectivity index (χ0n) is 13.1. The van der Waals surface area contributed by atoms with Crippen LogP contribution in [0.3, 0.4) is 0 Å². The van der Waals surface area contributed by atoms with Crippen LogP contribution in [-0.2, 0) is 0 Å². The fourth-order valence-electron chi connectivity index (χ4n) is 2.96. The molecule has 1 aliphatic rings. The molecule has 114 valence electrons. The van der Waals surface area contributed by atoms with Gasteiger partial charge in [0, 0.05) is 6.04 Å². The van der Waals surface area contributed by atoms with Gasteiger partial charge in [-0.1, -0.05) is 57.6 Å². The monoisotopic (exact) mass is 287 g/mol. The van der Waals surface area contributed by atoms with Gasteiger partial charge in [-0.05, 0) is 25.5 Å². The van der Waals surface area contributed by atoms with Crippen molar-refractivity contribution in [1.29, 1.82) is 0 Å². The highest BCUT2D eigenvalue weighted by molar-refractivity contribution is 6.21. The van der Waals surface area contributed by atoms with E-state index >= 15 is 0 Å². The molecule has 0 aliphatic carbocycles. The van der Waals surface area contributed by atoms with E-state index in [0.29, 0.717) is 11.1 Å². The summed E-state index contributed by atoms with van der Waals surface area (Å²) in [7, 11) is 0. The van der Waals surface area contributed by atoms with Gasteiger partial charge in [-0.2, -0.15) is 0 Å². The average Bonchev–Trinajstić information content (AvgIpc) is 2.75. The minimum absolute atomic E-state index is 0.0106. The van der Waals surface area contributed by atoms with Crippen LogP contribution in [0.2, 0.25) is 0 Å². The Bertz CT molecular complexity index is 475. The summed E-state index contributed by atoms with van der Waals surface area (Å²) in [5, 5.41) is 0. The van der Waals surface area contributed by atoms with Gasteiger partial charge in [0.15, 0.2) is 0 Å². The predicted octanol–water partition coefficient (Wildman–Crippen LogP) is 4.42. The van der Waals surface area contributed by atoms with E-state index < -0.39 is 0 Å². The molecule has 0 fully saturated rings. The highest BCUT2D eigenvalue weighted by Gasteiger charge is 2.37. The average molecular weight is 287 g/mol. The molecule has 21 heavy (non-hydrogen) atoms. The summed E-state index contributed by atoms with van der Waals surface area (Å²) in [5.41, 5.74) is 1.11. The van der Waals surface area contributed by atoms with E-state index in [1.807, 2.05) is 19.1 Å². The second kappa shape index (κ2) is 7.39.